The van der Waals surface area contributed by atoms with Crippen molar-refractivity contribution in [2.24, 2.45) is 11.3 Å². The van der Waals surface area contributed by atoms with Crippen LogP contribution >= 0.6 is 0 Å². The van der Waals surface area contributed by atoms with Crippen LogP contribution in [0.1, 0.15) is 53.4 Å². The Morgan fingerprint density at radius 1 is 1.39 bits per heavy atom. The fraction of sp³-hybridized carbons (Fsp3) is 0.842. The van der Waals surface area contributed by atoms with E-state index in [0.717, 1.165) is 25.7 Å². The molecule has 0 radical (unpaired) electrons. The summed E-state index contributed by atoms with van der Waals surface area (Å²) in [4.78, 5) is 13.3. The molecule has 5 atom stereocenters. The van der Waals surface area contributed by atoms with Gasteiger partial charge < -0.3 is 9.16 Å². The zero-order chi connectivity index (χ0) is 17.0. The third-order valence-electron chi connectivity index (χ3n) is 6.77. The van der Waals surface area contributed by atoms with Crippen molar-refractivity contribution in [1.29, 1.82) is 0 Å². The summed E-state index contributed by atoms with van der Waals surface area (Å²) in [6, 6.07) is 0. The lowest BCUT2D eigenvalue weighted by Crippen LogP contribution is -2.63. The van der Waals surface area contributed by atoms with Crippen molar-refractivity contribution in [1.82, 2.24) is 0 Å². The van der Waals surface area contributed by atoms with Gasteiger partial charge in [-0.05, 0) is 37.4 Å². The molecular weight excluding hydrogens is 304 g/mol. The molecule has 2 heterocycles. The van der Waals surface area contributed by atoms with E-state index in [1.165, 1.54) is 0 Å². The molecule has 0 aromatic heterocycles. The van der Waals surface area contributed by atoms with Crippen molar-refractivity contribution < 1.29 is 14.0 Å². The van der Waals surface area contributed by atoms with Crippen molar-refractivity contribution in [3.63, 3.8) is 0 Å². The second-order valence-corrected chi connectivity index (χ2v) is 13.8. The molecule has 2 aliphatic heterocycles. The van der Waals surface area contributed by atoms with Crippen molar-refractivity contribution in [2.45, 2.75) is 89.8 Å². The second-order valence-electron chi connectivity index (χ2n) is 9.08. The third-order valence-corrected chi connectivity index (χ3v) is 11.3. The van der Waals surface area contributed by atoms with Crippen molar-refractivity contribution in [3.8, 4) is 0 Å². The number of hydrogen-bond donors (Lipinski definition) is 0. The summed E-state index contributed by atoms with van der Waals surface area (Å²) >= 11 is 0. The molecule has 0 amide bonds. The summed E-state index contributed by atoms with van der Waals surface area (Å²) in [5.41, 5.74) is -0.448. The largest absolute Gasteiger partial charge is 0.413 e. The lowest BCUT2D eigenvalue weighted by molar-refractivity contribution is -0.183. The number of hydrogen-bond acceptors (Lipinski definition) is 3. The minimum absolute atomic E-state index is 0.0197. The van der Waals surface area contributed by atoms with E-state index >= 15 is 0 Å². The van der Waals surface area contributed by atoms with Crippen molar-refractivity contribution in [2.75, 3.05) is 0 Å². The van der Waals surface area contributed by atoms with Crippen molar-refractivity contribution >= 4 is 14.1 Å². The van der Waals surface area contributed by atoms with Gasteiger partial charge in [-0.2, -0.15) is 0 Å². The zero-order valence-electron chi connectivity index (χ0n) is 15.5. The highest BCUT2D eigenvalue weighted by Crippen LogP contribution is 2.54. The average Bonchev–Trinajstić information content (AvgIpc) is 2.91. The number of carbonyl (C=O) groups is 1. The molecule has 0 unspecified atom stereocenters. The lowest BCUT2D eigenvalue weighted by atomic mass is 9.60. The van der Waals surface area contributed by atoms with Gasteiger partial charge in [-0.1, -0.05) is 46.3 Å². The van der Waals surface area contributed by atoms with Gasteiger partial charge in [0.05, 0.1) is 23.7 Å². The van der Waals surface area contributed by atoms with Crippen LogP contribution in [0.4, 0.5) is 0 Å². The van der Waals surface area contributed by atoms with Gasteiger partial charge in [0.25, 0.3) is 0 Å². The van der Waals surface area contributed by atoms with Gasteiger partial charge in [-0.15, -0.1) is 0 Å². The maximum absolute atomic E-state index is 13.3. The minimum Gasteiger partial charge on any atom is -0.413 e. The van der Waals surface area contributed by atoms with Crippen LogP contribution in [0.2, 0.25) is 18.1 Å². The summed E-state index contributed by atoms with van der Waals surface area (Å²) < 4.78 is 13.0. The monoisotopic (exact) mass is 336 g/mol. The topological polar surface area (TPSA) is 35.5 Å². The van der Waals surface area contributed by atoms with E-state index in [0.29, 0.717) is 5.78 Å². The van der Waals surface area contributed by atoms with Crippen LogP contribution in [0.5, 0.6) is 0 Å². The van der Waals surface area contributed by atoms with E-state index in [9.17, 15) is 4.79 Å². The Balaban J connectivity index is 1.96. The van der Waals surface area contributed by atoms with Crippen LogP contribution in [-0.4, -0.2) is 32.4 Å². The Morgan fingerprint density at radius 3 is 2.70 bits per heavy atom. The molecule has 0 aromatic rings. The molecule has 2 fully saturated rings. The van der Waals surface area contributed by atoms with Gasteiger partial charge in [-0.25, -0.2) is 0 Å². The number of ketones is 1. The van der Waals surface area contributed by atoms with Crippen LogP contribution in [-0.2, 0) is 14.0 Å². The number of Topliss-reactive ketones (excluding diaryl/α,β-unsaturated/α-hetero) is 1. The predicted octanol–water partition coefficient (Wildman–Crippen LogP) is 4.48. The highest BCUT2D eigenvalue weighted by molar-refractivity contribution is 6.74. The quantitative estimate of drug-likeness (QED) is 0.561. The number of fused-ring (bicyclic) bond motifs is 6. The summed E-state index contributed by atoms with van der Waals surface area (Å²) in [6.45, 7) is 13.5. The van der Waals surface area contributed by atoms with Crippen LogP contribution < -0.4 is 0 Å². The maximum Gasteiger partial charge on any atom is 0.192 e. The summed E-state index contributed by atoms with van der Waals surface area (Å²) in [5.74, 6) is 0.469. The molecule has 4 bridgehead atoms. The van der Waals surface area contributed by atoms with E-state index < -0.39 is 13.7 Å². The standard InChI is InChI=1S/C19H32O3Si/c1-7-15(22-23(5,6)18(2,3)4)19-12-8-9-13(17(19)20)14-10-11-16(19)21-14/h10-11,13-16H,7-9,12H2,1-6H3/t13-,14+,15+,16-,19-/m1/s1. The van der Waals surface area contributed by atoms with Crippen LogP contribution in [0.15, 0.2) is 12.2 Å². The van der Waals surface area contributed by atoms with E-state index in [1.54, 1.807) is 0 Å². The molecule has 23 heavy (non-hydrogen) atoms. The van der Waals surface area contributed by atoms with Gasteiger partial charge in [0.15, 0.2) is 14.1 Å². The van der Waals surface area contributed by atoms with Gasteiger partial charge >= 0.3 is 0 Å². The SMILES string of the molecule is CC[C@H](O[Si](C)(C)C(C)(C)C)[C@@]12CCC[C@@H](C1=O)[C@@H]1C=C[C@H]2O1. The predicted molar refractivity (Wildman–Crippen MR) is 94.9 cm³/mol. The number of rotatable bonds is 4. The maximum atomic E-state index is 13.3. The molecule has 3 nitrogen and oxygen atoms in total. The van der Waals surface area contributed by atoms with Gasteiger partial charge in [-0.3, -0.25) is 4.79 Å². The Labute approximate surface area is 141 Å². The molecule has 3 rings (SSSR count). The Hall–Kier alpha value is -0.453. The smallest absolute Gasteiger partial charge is 0.192 e. The summed E-state index contributed by atoms with van der Waals surface area (Å²) in [5, 5.41) is 0.151. The molecule has 1 aliphatic carbocycles. The van der Waals surface area contributed by atoms with Gasteiger partial charge in [0, 0.05) is 5.92 Å². The van der Waals surface area contributed by atoms with Crippen LogP contribution in [0, 0.1) is 11.3 Å². The average molecular weight is 337 g/mol. The lowest BCUT2D eigenvalue weighted by Gasteiger charge is -2.53. The zero-order valence-corrected chi connectivity index (χ0v) is 16.5. The van der Waals surface area contributed by atoms with Crippen molar-refractivity contribution in [3.05, 3.63) is 12.2 Å². The Morgan fingerprint density at radius 2 is 2.09 bits per heavy atom. The molecule has 130 valence electrons. The molecule has 3 aliphatic rings. The van der Waals surface area contributed by atoms with Crippen LogP contribution in [0.3, 0.4) is 0 Å². The molecular formula is C19H32O3Si. The molecule has 4 heteroatoms. The van der Waals surface area contributed by atoms with E-state index in [-0.39, 0.29) is 29.3 Å². The molecule has 0 N–H and O–H groups in total. The van der Waals surface area contributed by atoms with Gasteiger partial charge in [0.1, 0.15) is 0 Å². The van der Waals surface area contributed by atoms with E-state index in [1.807, 2.05) is 0 Å². The first-order chi connectivity index (χ1) is 10.6. The molecule has 1 saturated heterocycles. The molecule has 0 spiro atoms. The highest BCUT2D eigenvalue weighted by Gasteiger charge is 2.62. The normalized spacial score (nSPS) is 38.0. The van der Waals surface area contributed by atoms with E-state index in [2.05, 4.69) is 52.9 Å². The number of carbonyl (C=O) groups excluding carboxylic acids is 1. The highest BCUT2D eigenvalue weighted by atomic mass is 28.4. The summed E-state index contributed by atoms with van der Waals surface area (Å²) in [7, 11) is -1.92. The third kappa shape index (κ3) is 2.49. The van der Waals surface area contributed by atoms with E-state index in [4.69, 9.17) is 9.16 Å². The minimum atomic E-state index is -1.92. The first-order valence-corrected chi connectivity index (χ1v) is 12.1. The molecule has 1 saturated carbocycles. The summed E-state index contributed by atoms with van der Waals surface area (Å²) in [6.07, 6.45) is 8.07. The molecule has 0 aromatic carbocycles. The second kappa shape index (κ2) is 5.53. The van der Waals surface area contributed by atoms with Gasteiger partial charge in [0.2, 0.25) is 0 Å². The first-order valence-electron chi connectivity index (χ1n) is 9.19. The fourth-order valence-corrected chi connectivity index (χ4v) is 5.83. The Bertz CT molecular complexity index is 519. The number of ether oxygens (including phenoxy) is 1. The first kappa shape index (κ1) is 17.4. The van der Waals surface area contributed by atoms with Crippen LogP contribution in [0.25, 0.3) is 0 Å². The fourth-order valence-electron chi connectivity index (χ4n) is 4.39. The Kier molecular flexibility index (Phi) is 4.18.